The topological polar surface area (TPSA) is 37.3 Å². The van der Waals surface area contributed by atoms with Crippen LogP contribution >= 0.6 is 0 Å². The van der Waals surface area contributed by atoms with E-state index in [4.69, 9.17) is 0 Å². The summed E-state index contributed by atoms with van der Waals surface area (Å²) in [5, 5.41) is 9.38. The zero-order valence-corrected chi connectivity index (χ0v) is 13.2. The SMILES string of the molecule is O=C(O)c1ccccc1-c1ccc(C(F)(F)F)cc1-c1cccc(F)c1. The number of halogens is 4. The molecule has 1 N–H and O–H groups in total. The van der Waals surface area contributed by atoms with Gasteiger partial charge in [0.15, 0.2) is 0 Å². The molecule has 0 atom stereocenters. The summed E-state index contributed by atoms with van der Waals surface area (Å²) in [6.45, 7) is 0. The molecule has 0 amide bonds. The number of hydrogen-bond acceptors (Lipinski definition) is 1. The van der Waals surface area contributed by atoms with Crippen molar-refractivity contribution in [3.63, 3.8) is 0 Å². The van der Waals surface area contributed by atoms with Crippen LogP contribution in [0, 0.1) is 5.82 Å². The normalized spacial score (nSPS) is 11.4. The highest BCUT2D eigenvalue weighted by molar-refractivity contribution is 5.99. The molecule has 0 saturated heterocycles. The monoisotopic (exact) mass is 360 g/mol. The molecule has 26 heavy (non-hydrogen) atoms. The van der Waals surface area contributed by atoms with Crippen LogP contribution < -0.4 is 0 Å². The Morgan fingerprint density at radius 2 is 1.54 bits per heavy atom. The van der Waals surface area contributed by atoms with Crippen LogP contribution in [0.2, 0.25) is 0 Å². The summed E-state index contributed by atoms with van der Waals surface area (Å²) in [5.41, 5.74) is -0.0767. The average Bonchev–Trinajstić information content (AvgIpc) is 2.60. The lowest BCUT2D eigenvalue weighted by molar-refractivity contribution is -0.137. The second-order valence-corrected chi connectivity index (χ2v) is 5.62. The Bertz CT molecular complexity index is 978. The lowest BCUT2D eigenvalue weighted by Crippen LogP contribution is -2.06. The van der Waals surface area contributed by atoms with Gasteiger partial charge >= 0.3 is 12.1 Å². The van der Waals surface area contributed by atoms with E-state index in [0.29, 0.717) is 0 Å². The zero-order chi connectivity index (χ0) is 18.9. The van der Waals surface area contributed by atoms with E-state index in [1.54, 1.807) is 6.07 Å². The third-order valence-corrected chi connectivity index (χ3v) is 3.93. The molecule has 3 rings (SSSR count). The van der Waals surface area contributed by atoms with Gasteiger partial charge in [-0.05, 0) is 52.6 Å². The molecule has 0 bridgehead atoms. The molecule has 132 valence electrons. The van der Waals surface area contributed by atoms with Crippen LogP contribution in [0.3, 0.4) is 0 Å². The van der Waals surface area contributed by atoms with Crippen LogP contribution in [0.25, 0.3) is 22.3 Å². The molecule has 0 fully saturated rings. The highest BCUT2D eigenvalue weighted by atomic mass is 19.4. The Labute approximate surface area is 146 Å². The summed E-state index contributed by atoms with van der Waals surface area (Å²) in [6.07, 6.45) is -4.58. The first-order valence-corrected chi connectivity index (χ1v) is 7.57. The summed E-state index contributed by atoms with van der Waals surface area (Å²) in [6, 6.07) is 14.2. The van der Waals surface area contributed by atoms with Crippen molar-refractivity contribution in [3.8, 4) is 22.3 Å². The predicted molar refractivity (Wildman–Crippen MR) is 89.2 cm³/mol. The average molecular weight is 360 g/mol. The number of carboxylic acid groups (broad SMARTS) is 1. The minimum Gasteiger partial charge on any atom is -0.478 e. The Kier molecular flexibility index (Phi) is 4.50. The van der Waals surface area contributed by atoms with Crippen LogP contribution in [0.5, 0.6) is 0 Å². The van der Waals surface area contributed by atoms with Gasteiger partial charge in [-0.15, -0.1) is 0 Å². The summed E-state index contributed by atoms with van der Waals surface area (Å²) < 4.78 is 53.0. The Morgan fingerprint density at radius 1 is 0.808 bits per heavy atom. The van der Waals surface area contributed by atoms with E-state index in [1.165, 1.54) is 42.5 Å². The van der Waals surface area contributed by atoms with Crippen LogP contribution in [-0.4, -0.2) is 11.1 Å². The Hall–Kier alpha value is -3.15. The first kappa shape index (κ1) is 17.7. The van der Waals surface area contributed by atoms with E-state index in [-0.39, 0.29) is 27.8 Å². The number of carbonyl (C=O) groups is 1. The van der Waals surface area contributed by atoms with Gasteiger partial charge in [0.05, 0.1) is 11.1 Å². The van der Waals surface area contributed by atoms with E-state index < -0.39 is 23.5 Å². The van der Waals surface area contributed by atoms with E-state index in [9.17, 15) is 27.5 Å². The summed E-state index contributed by atoms with van der Waals surface area (Å²) in [4.78, 5) is 11.5. The lowest BCUT2D eigenvalue weighted by atomic mass is 9.90. The molecule has 0 aliphatic rings. The summed E-state index contributed by atoms with van der Waals surface area (Å²) in [5.74, 6) is -1.80. The fourth-order valence-electron chi connectivity index (χ4n) is 2.75. The van der Waals surface area contributed by atoms with Crippen LogP contribution in [0.1, 0.15) is 15.9 Å². The van der Waals surface area contributed by atoms with E-state index in [0.717, 1.165) is 18.2 Å². The van der Waals surface area contributed by atoms with Crippen molar-refractivity contribution in [2.24, 2.45) is 0 Å². The zero-order valence-electron chi connectivity index (χ0n) is 13.2. The maximum atomic E-state index is 13.6. The van der Waals surface area contributed by atoms with Crippen molar-refractivity contribution in [2.75, 3.05) is 0 Å². The molecular weight excluding hydrogens is 348 g/mol. The molecule has 3 aromatic rings. The summed E-state index contributed by atoms with van der Waals surface area (Å²) >= 11 is 0. The molecule has 0 radical (unpaired) electrons. The molecular formula is C20H12F4O2. The minimum atomic E-state index is -4.58. The number of alkyl halides is 3. The molecule has 0 heterocycles. The molecule has 0 aromatic heterocycles. The van der Waals surface area contributed by atoms with Crippen LogP contribution in [0.4, 0.5) is 17.6 Å². The van der Waals surface area contributed by atoms with Gasteiger partial charge in [-0.25, -0.2) is 9.18 Å². The standard InChI is InChI=1S/C20H12F4O2/c21-14-5-3-4-12(10-14)18-11-13(20(22,23)24)8-9-16(18)15-6-1-2-7-17(15)19(25)26/h1-11H,(H,25,26). The molecule has 0 aliphatic carbocycles. The van der Waals surface area contributed by atoms with Gasteiger partial charge in [0.25, 0.3) is 0 Å². The van der Waals surface area contributed by atoms with Gasteiger partial charge in [0.1, 0.15) is 5.82 Å². The second-order valence-electron chi connectivity index (χ2n) is 5.62. The quantitative estimate of drug-likeness (QED) is 0.593. The Morgan fingerprint density at radius 3 is 2.19 bits per heavy atom. The van der Waals surface area contributed by atoms with Crippen molar-refractivity contribution in [1.82, 2.24) is 0 Å². The van der Waals surface area contributed by atoms with E-state index >= 15 is 0 Å². The number of benzene rings is 3. The van der Waals surface area contributed by atoms with Crippen molar-refractivity contribution in [1.29, 1.82) is 0 Å². The number of aromatic carboxylic acids is 1. The fraction of sp³-hybridized carbons (Fsp3) is 0.0500. The molecule has 6 heteroatoms. The van der Waals surface area contributed by atoms with Crippen LogP contribution in [0.15, 0.2) is 66.7 Å². The maximum Gasteiger partial charge on any atom is 0.416 e. The van der Waals surface area contributed by atoms with E-state index in [2.05, 4.69) is 0 Å². The molecule has 3 aromatic carbocycles. The summed E-state index contributed by atoms with van der Waals surface area (Å²) in [7, 11) is 0. The number of rotatable bonds is 3. The first-order valence-electron chi connectivity index (χ1n) is 7.57. The highest BCUT2D eigenvalue weighted by Gasteiger charge is 2.31. The van der Waals surface area contributed by atoms with Crippen molar-refractivity contribution in [3.05, 3.63) is 83.7 Å². The predicted octanol–water partition coefficient (Wildman–Crippen LogP) is 5.88. The van der Waals surface area contributed by atoms with Crippen molar-refractivity contribution in [2.45, 2.75) is 6.18 Å². The number of carboxylic acids is 1. The first-order chi connectivity index (χ1) is 12.3. The smallest absolute Gasteiger partial charge is 0.416 e. The maximum absolute atomic E-state index is 13.6. The van der Waals surface area contributed by atoms with Gasteiger partial charge in [0.2, 0.25) is 0 Å². The van der Waals surface area contributed by atoms with Gasteiger partial charge in [-0.2, -0.15) is 13.2 Å². The van der Waals surface area contributed by atoms with Gasteiger partial charge in [0, 0.05) is 0 Å². The molecule has 2 nitrogen and oxygen atoms in total. The van der Waals surface area contributed by atoms with Crippen LogP contribution in [-0.2, 0) is 6.18 Å². The largest absolute Gasteiger partial charge is 0.478 e. The van der Waals surface area contributed by atoms with Gasteiger partial charge < -0.3 is 5.11 Å². The van der Waals surface area contributed by atoms with Gasteiger partial charge in [-0.1, -0.05) is 36.4 Å². The fourth-order valence-corrected chi connectivity index (χ4v) is 2.75. The van der Waals surface area contributed by atoms with E-state index in [1.807, 2.05) is 0 Å². The van der Waals surface area contributed by atoms with Crippen molar-refractivity contribution < 1.29 is 27.5 Å². The third-order valence-electron chi connectivity index (χ3n) is 3.93. The lowest BCUT2D eigenvalue weighted by Gasteiger charge is -2.16. The molecule has 0 unspecified atom stereocenters. The minimum absolute atomic E-state index is 0.0510. The van der Waals surface area contributed by atoms with Gasteiger partial charge in [-0.3, -0.25) is 0 Å². The van der Waals surface area contributed by atoms with Crippen molar-refractivity contribution >= 4 is 5.97 Å². The Balaban J connectivity index is 2.31. The molecule has 0 aliphatic heterocycles. The highest BCUT2D eigenvalue weighted by Crippen LogP contribution is 2.39. The number of hydrogen-bond donors (Lipinski definition) is 1. The third kappa shape index (κ3) is 3.44. The second kappa shape index (κ2) is 6.63. The molecule has 0 spiro atoms. The molecule has 0 saturated carbocycles.